The first kappa shape index (κ1) is 14.0. The average Bonchev–Trinajstić information content (AvgIpc) is 2.87. The first-order valence-corrected chi connectivity index (χ1v) is 8.74. The Labute approximate surface area is 126 Å². The van der Waals surface area contributed by atoms with Gasteiger partial charge in [-0.25, -0.2) is 0 Å². The molecule has 1 N–H and O–H groups in total. The third-order valence-corrected chi connectivity index (χ3v) is 5.79. The molecule has 1 aliphatic carbocycles. The van der Waals surface area contributed by atoms with E-state index in [1.807, 2.05) is 11.8 Å². The molecule has 1 aromatic rings. The summed E-state index contributed by atoms with van der Waals surface area (Å²) >= 11 is 1.92. The van der Waals surface area contributed by atoms with E-state index >= 15 is 0 Å². The molecule has 2 fully saturated rings. The van der Waals surface area contributed by atoms with Crippen molar-refractivity contribution in [1.82, 2.24) is 5.32 Å². The molecule has 2 aliphatic rings. The van der Waals surface area contributed by atoms with E-state index in [1.54, 1.807) is 0 Å². The van der Waals surface area contributed by atoms with Crippen LogP contribution in [-0.4, -0.2) is 23.0 Å². The second kappa shape index (κ2) is 6.21. The topological polar surface area (TPSA) is 24.4 Å². The van der Waals surface area contributed by atoms with Crippen LogP contribution in [0.3, 0.4) is 0 Å². The minimum absolute atomic E-state index is 0.364. The summed E-state index contributed by atoms with van der Waals surface area (Å²) < 4.78 is 0. The third-order valence-electron chi connectivity index (χ3n) is 4.59. The van der Waals surface area contributed by atoms with Crippen LogP contribution in [0.2, 0.25) is 0 Å². The van der Waals surface area contributed by atoms with Gasteiger partial charge in [0, 0.05) is 17.8 Å². The van der Waals surface area contributed by atoms with Gasteiger partial charge >= 0.3 is 0 Å². The molecular formula is C17H24N2S. The number of hydrogen-bond acceptors (Lipinski definition) is 2. The van der Waals surface area contributed by atoms with Crippen LogP contribution in [0, 0.1) is 5.92 Å². The highest BCUT2D eigenvalue weighted by atomic mass is 32.2. The Morgan fingerprint density at radius 3 is 2.75 bits per heavy atom. The third kappa shape index (κ3) is 3.38. The molecular weight excluding hydrogens is 264 g/mol. The van der Waals surface area contributed by atoms with Crippen molar-refractivity contribution in [2.45, 2.75) is 44.6 Å². The molecule has 1 aliphatic heterocycles. The van der Waals surface area contributed by atoms with Gasteiger partial charge in [0.15, 0.2) is 5.17 Å². The van der Waals surface area contributed by atoms with Crippen molar-refractivity contribution in [3.8, 4) is 0 Å². The molecule has 1 heterocycles. The highest BCUT2D eigenvalue weighted by molar-refractivity contribution is 8.14. The van der Waals surface area contributed by atoms with E-state index in [0.717, 1.165) is 18.9 Å². The Bertz CT molecular complexity index is 461. The lowest BCUT2D eigenvalue weighted by Crippen LogP contribution is -2.46. The summed E-state index contributed by atoms with van der Waals surface area (Å²) in [5, 5.41) is 4.90. The maximum Gasteiger partial charge on any atom is 0.157 e. The number of aliphatic imine (C=N–C) groups is 1. The van der Waals surface area contributed by atoms with E-state index in [1.165, 1.54) is 42.2 Å². The lowest BCUT2D eigenvalue weighted by atomic mass is 9.78. The lowest BCUT2D eigenvalue weighted by Gasteiger charge is -2.35. The van der Waals surface area contributed by atoms with Crippen molar-refractivity contribution in [1.29, 1.82) is 0 Å². The summed E-state index contributed by atoms with van der Waals surface area (Å²) in [6, 6.07) is 10.6. The number of hydrogen-bond donors (Lipinski definition) is 1. The van der Waals surface area contributed by atoms with E-state index in [2.05, 4.69) is 42.6 Å². The molecule has 2 nitrogen and oxygen atoms in total. The first-order valence-electron chi connectivity index (χ1n) is 7.75. The average molecular weight is 288 g/mol. The van der Waals surface area contributed by atoms with Gasteiger partial charge in [0.05, 0.1) is 0 Å². The van der Waals surface area contributed by atoms with E-state index in [9.17, 15) is 0 Å². The zero-order chi connectivity index (χ0) is 13.8. The Hall–Kier alpha value is -0.960. The van der Waals surface area contributed by atoms with Crippen LogP contribution in [0.4, 0.5) is 0 Å². The molecule has 1 aromatic carbocycles. The van der Waals surface area contributed by atoms with Gasteiger partial charge in [0.25, 0.3) is 0 Å². The Balaban J connectivity index is 1.51. The second-order valence-electron chi connectivity index (χ2n) is 6.30. The Morgan fingerprint density at radius 2 is 2.00 bits per heavy atom. The first-order chi connectivity index (χ1) is 9.76. The van der Waals surface area contributed by atoms with Crippen LogP contribution in [0.5, 0.6) is 0 Å². The number of benzene rings is 1. The van der Waals surface area contributed by atoms with Gasteiger partial charge in [0.2, 0.25) is 0 Å². The molecule has 0 bridgehead atoms. The minimum atomic E-state index is 0.364. The molecule has 0 unspecified atom stereocenters. The van der Waals surface area contributed by atoms with Crippen molar-refractivity contribution in [2.75, 3.05) is 12.3 Å². The quantitative estimate of drug-likeness (QED) is 0.913. The fraction of sp³-hybridized carbons (Fsp3) is 0.588. The Kier molecular flexibility index (Phi) is 4.35. The predicted molar refractivity (Wildman–Crippen MR) is 88.4 cm³/mol. The number of rotatable bonds is 3. The van der Waals surface area contributed by atoms with Gasteiger partial charge in [0.1, 0.15) is 0 Å². The molecule has 0 amide bonds. The number of nitrogens with one attached hydrogen (secondary N) is 1. The van der Waals surface area contributed by atoms with Gasteiger partial charge in [-0.1, -0.05) is 49.0 Å². The van der Waals surface area contributed by atoms with Crippen LogP contribution in [0.1, 0.15) is 38.2 Å². The van der Waals surface area contributed by atoms with Crippen molar-refractivity contribution < 1.29 is 0 Å². The molecule has 0 aromatic heterocycles. The van der Waals surface area contributed by atoms with Crippen LogP contribution >= 0.6 is 11.8 Å². The normalized spacial score (nSPS) is 31.6. The van der Waals surface area contributed by atoms with Crippen molar-refractivity contribution in [3.05, 3.63) is 35.9 Å². The summed E-state index contributed by atoms with van der Waals surface area (Å²) in [6.07, 6.45) is 6.41. The minimum Gasteiger partial charge on any atom is -0.359 e. The molecule has 3 rings (SSSR count). The maximum atomic E-state index is 4.76. The summed E-state index contributed by atoms with van der Waals surface area (Å²) in [5.74, 6) is 2.12. The van der Waals surface area contributed by atoms with Gasteiger partial charge in [-0.05, 0) is 43.6 Å². The summed E-state index contributed by atoms with van der Waals surface area (Å²) in [6.45, 7) is 3.27. The highest BCUT2D eigenvalue weighted by Gasteiger charge is 2.39. The molecule has 1 saturated heterocycles. The summed E-state index contributed by atoms with van der Waals surface area (Å²) in [7, 11) is 0. The van der Waals surface area contributed by atoms with Gasteiger partial charge in [-0.2, -0.15) is 0 Å². The second-order valence-corrected chi connectivity index (χ2v) is 7.26. The van der Waals surface area contributed by atoms with Crippen LogP contribution in [-0.2, 0) is 6.42 Å². The van der Waals surface area contributed by atoms with Crippen molar-refractivity contribution >= 4 is 16.9 Å². The largest absolute Gasteiger partial charge is 0.359 e. The smallest absolute Gasteiger partial charge is 0.157 e. The Morgan fingerprint density at radius 1 is 1.25 bits per heavy atom. The van der Waals surface area contributed by atoms with Gasteiger partial charge in [-0.15, -0.1) is 0 Å². The van der Waals surface area contributed by atoms with Gasteiger partial charge < -0.3 is 5.32 Å². The molecule has 1 saturated carbocycles. The number of thioether (sulfide) groups is 1. The SMILES string of the molecule is CC1CCC2(CC1)CSC(=NCCc1ccccc1)N2. The highest BCUT2D eigenvalue weighted by Crippen LogP contribution is 2.38. The zero-order valence-corrected chi connectivity index (χ0v) is 13.1. The van der Waals surface area contributed by atoms with E-state index in [0.29, 0.717) is 5.54 Å². The van der Waals surface area contributed by atoms with Crippen molar-refractivity contribution in [2.24, 2.45) is 10.9 Å². The van der Waals surface area contributed by atoms with Gasteiger partial charge in [-0.3, -0.25) is 4.99 Å². The summed E-state index contributed by atoms with van der Waals surface area (Å²) in [4.78, 5) is 4.76. The fourth-order valence-corrected chi connectivity index (χ4v) is 4.35. The molecule has 0 atom stereocenters. The fourth-order valence-electron chi connectivity index (χ4n) is 3.11. The van der Waals surface area contributed by atoms with Crippen LogP contribution in [0.25, 0.3) is 0 Å². The zero-order valence-electron chi connectivity index (χ0n) is 12.3. The molecule has 0 radical (unpaired) electrons. The predicted octanol–water partition coefficient (Wildman–Crippen LogP) is 3.87. The molecule has 20 heavy (non-hydrogen) atoms. The van der Waals surface area contributed by atoms with E-state index < -0.39 is 0 Å². The van der Waals surface area contributed by atoms with Crippen molar-refractivity contribution in [3.63, 3.8) is 0 Å². The molecule has 108 valence electrons. The number of amidine groups is 1. The standard InChI is InChI=1S/C17H24N2S/c1-14-7-10-17(11-8-14)13-20-16(19-17)18-12-9-15-5-3-2-4-6-15/h2-6,14H,7-13H2,1H3,(H,18,19). The molecule has 1 spiro atoms. The monoisotopic (exact) mass is 288 g/mol. The van der Waals surface area contributed by atoms with E-state index in [4.69, 9.17) is 4.99 Å². The van der Waals surface area contributed by atoms with Crippen LogP contribution < -0.4 is 5.32 Å². The van der Waals surface area contributed by atoms with E-state index in [-0.39, 0.29) is 0 Å². The van der Waals surface area contributed by atoms with Crippen LogP contribution in [0.15, 0.2) is 35.3 Å². The maximum absolute atomic E-state index is 4.76. The lowest BCUT2D eigenvalue weighted by molar-refractivity contribution is 0.251. The molecule has 3 heteroatoms. The number of nitrogens with zero attached hydrogens (tertiary/aromatic N) is 1. The summed E-state index contributed by atoms with van der Waals surface area (Å²) in [5.41, 5.74) is 1.74.